The second kappa shape index (κ2) is 20.7. The first-order valence-electron chi connectivity index (χ1n) is 14.9. The zero-order chi connectivity index (χ0) is 23.9. The lowest BCUT2D eigenvalue weighted by Gasteiger charge is -2.04. The first-order chi connectivity index (χ1) is 16.9. The van der Waals surface area contributed by atoms with E-state index in [1.807, 2.05) is 0 Å². The van der Waals surface area contributed by atoms with Crippen molar-refractivity contribution in [2.45, 2.75) is 142 Å². The number of pyridine rings is 1. The van der Waals surface area contributed by atoms with Crippen molar-refractivity contribution in [3.8, 4) is 0 Å². The molecule has 1 heterocycles. The van der Waals surface area contributed by atoms with Gasteiger partial charge in [0.2, 0.25) is 0 Å². The fourth-order valence-corrected chi connectivity index (χ4v) is 5.03. The Hall–Kier alpha value is -1.63. The van der Waals surface area contributed by atoms with Crippen LogP contribution in [0.2, 0.25) is 0 Å². The summed E-state index contributed by atoms with van der Waals surface area (Å²) >= 11 is 0. The zero-order valence-electron chi connectivity index (χ0n) is 22.5. The molecular formula is C33H54N+. The monoisotopic (exact) mass is 464 g/mol. The quantitative estimate of drug-likeness (QED) is 0.121. The van der Waals surface area contributed by atoms with Crippen LogP contribution in [0.1, 0.15) is 134 Å². The molecule has 0 spiro atoms. The standard InChI is InChI=1S/C33H54N/c1-2-3-4-5-6-7-8-9-10-11-12-13-14-15-16-17-19-26-33-28-23-30-34(31-33)29-22-27-32-24-20-18-21-25-32/h18,20-21,23-25,28,30-31H,2-17,19,22,26-27,29H2,1H3/q+1. The first kappa shape index (κ1) is 28.6. The molecule has 0 N–H and O–H groups in total. The van der Waals surface area contributed by atoms with Gasteiger partial charge in [-0.25, -0.2) is 4.57 Å². The van der Waals surface area contributed by atoms with Crippen molar-refractivity contribution in [2.75, 3.05) is 0 Å². The van der Waals surface area contributed by atoms with E-state index in [-0.39, 0.29) is 0 Å². The topological polar surface area (TPSA) is 3.88 Å². The van der Waals surface area contributed by atoms with Crippen LogP contribution in [-0.2, 0) is 19.4 Å². The van der Waals surface area contributed by atoms with E-state index in [2.05, 4.69) is 66.3 Å². The van der Waals surface area contributed by atoms with Crippen LogP contribution in [0.25, 0.3) is 0 Å². The van der Waals surface area contributed by atoms with Gasteiger partial charge >= 0.3 is 0 Å². The zero-order valence-corrected chi connectivity index (χ0v) is 22.5. The summed E-state index contributed by atoms with van der Waals surface area (Å²) < 4.78 is 2.38. The lowest BCUT2D eigenvalue weighted by Crippen LogP contribution is -2.33. The van der Waals surface area contributed by atoms with Crippen LogP contribution in [0, 0.1) is 0 Å². The minimum Gasteiger partial charge on any atom is -0.205 e. The van der Waals surface area contributed by atoms with Crippen LogP contribution in [0.5, 0.6) is 0 Å². The maximum Gasteiger partial charge on any atom is 0.171 e. The number of nitrogens with zero attached hydrogens (tertiary/aromatic N) is 1. The van der Waals surface area contributed by atoms with Gasteiger partial charge in [0, 0.05) is 18.1 Å². The molecule has 0 saturated heterocycles. The van der Waals surface area contributed by atoms with Crippen molar-refractivity contribution < 1.29 is 4.57 Å². The molecule has 0 atom stereocenters. The summed E-state index contributed by atoms with van der Waals surface area (Å²) in [6.45, 7) is 3.41. The molecule has 2 rings (SSSR count). The summed E-state index contributed by atoms with van der Waals surface area (Å²) in [4.78, 5) is 0. The van der Waals surface area contributed by atoms with Gasteiger partial charge in [-0.15, -0.1) is 0 Å². The highest BCUT2D eigenvalue weighted by atomic mass is 14.9. The number of hydrogen-bond donors (Lipinski definition) is 0. The Morgan fingerprint density at radius 2 is 0.941 bits per heavy atom. The number of benzene rings is 1. The molecule has 0 aliphatic rings. The van der Waals surface area contributed by atoms with Gasteiger partial charge in [-0.2, -0.15) is 0 Å². The van der Waals surface area contributed by atoms with Crippen molar-refractivity contribution >= 4 is 0 Å². The molecule has 190 valence electrons. The Labute approximate surface area is 212 Å². The summed E-state index contributed by atoms with van der Waals surface area (Å²) in [6.07, 6.45) is 32.7. The molecular weight excluding hydrogens is 410 g/mol. The van der Waals surface area contributed by atoms with E-state index in [0.29, 0.717) is 0 Å². The summed E-state index contributed by atoms with van der Waals surface area (Å²) in [7, 11) is 0. The second-order valence-electron chi connectivity index (χ2n) is 10.4. The molecule has 0 bridgehead atoms. The van der Waals surface area contributed by atoms with Crippen LogP contribution in [0.3, 0.4) is 0 Å². The first-order valence-corrected chi connectivity index (χ1v) is 14.9. The van der Waals surface area contributed by atoms with Crippen LogP contribution in [-0.4, -0.2) is 0 Å². The largest absolute Gasteiger partial charge is 0.205 e. The molecule has 1 nitrogen and oxygen atoms in total. The van der Waals surface area contributed by atoms with Gasteiger partial charge in [0.1, 0.15) is 6.54 Å². The average Bonchev–Trinajstić information content (AvgIpc) is 2.87. The smallest absolute Gasteiger partial charge is 0.171 e. The third kappa shape index (κ3) is 15.3. The summed E-state index contributed by atoms with van der Waals surface area (Å²) in [5, 5.41) is 0. The maximum atomic E-state index is 2.38. The van der Waals surface area contributed by atoms with Gasteiger partial charge in [0.05, 0.1) is 0 Å². The Bertz CT molecular complexity index is 693. The molecule has 2 aromatic rings. The molecule has 1 heteroatoms. The van der Waals surface area contributed by atoms with Crippen molar-refractivity contribution in [1.29, 1.82) is 0 Å². The second-order valence-corrected chi connectivity index (χ2v) is 10.4. The van der Waals surface area contributed by atoms with Gasteiger partial charge in [-0.1, -0.05) is 140 Å². The van der Waals surface area contributed by atoms with Gasteiger partial charge < -0.3 is 0 Å². The van der Waals surface area contributed by atoms with Gasteiger partial charge in [-0.3, -0.25) is 0 Å². The third-order valence-electron chi connectivity index (χ3n) is 7.21. The molecule has 1 aromatic carbocycles. The Morgan fingerprint density at radius 1 is 0.471 bits per heavy atom. The van der Waals surface area contributed by atoms with Crippen LogP contribution in [0.4, 0.5) is 0 Å². The molecule has 0 radical (unpaired) electrons. The van der Waals surface area contributed by atoms with E-state index in [4.69, 9.17) is 0 Å². The van der Waals surface area contributed by atoms with Crippen LogP contribution < -0.4 is 4.57 Å². The van der Waals surface area contributed by atoms with Crippen LogP contribution >= 0.6 is 0 Å². The number of aryl methyl sites for hydroxylation is 3. The van der Waals surface area contributed by atoms with Gasteiger partial charge in [-0.05, 0) is 30.9 Å². The molecule has 0 saturated carbocycles. The Kier molecular flexibility index (Phi) is 17.4. The van der Waals surface area contributed by atoms with E-state index in [0.717, 1.165) is 13.0 Å². The number of unbranched alkanes of at least 4 members (excludes halogenated alkanes) is 16. The predicted molar refractivity (Wildman–Crippen MR) is 149 cm³/mol. The highest BCUT2D eigenvalue weighted by Crippen LogP contribution is 2.14. The van der Waals surface area contributed by atoms with Crippen molar-refractivity contribution in [1.82, 2.24) is 0 Å². The van der Waals surface area contributed by atoms with Crippen LogP contribution in [0.15, 0.2) is 54.9 Å². The maximum absolute atomic E-state index is 2.38. The normalized spacial score (nSPS) is 11.2. The number of rotatable bonds is 22. The van der Waals surface area contributed by atoms with E-state index in [1.165, 1.54) is 133 Å². The Balaban J connectivity index is 1.37. The fraction of sp³-hybridized carbons (Fsp3) is 0.667. The van der Waals surface area contributed by atoms with E-state index >= 15 is 0 Å². The lowest BCUT2D eigenvalue weighted by atomic mass is 10.0. The fourth-order valence-electron chi connectivity index (χ4n) is 5.03. The Morgan fingerprint density at radius 3 is 1.50 bits per heavy atom. The summed E-state index contributed by atoms with van der Waals surface area (Å²) in [5.74, 6) is 0. The highest BCUT2D eigenvalue weighted by molar-refractivity contribution is 5.14. The minimum atomic E-state index is 1.11. The number of hydrogen-bond acceptors (Lipinski definition) is 0. The third-order valence-corrected chi connectivity index (χ3v) is 7.21. The van der Waals surface area contributed by atoms with Gasteiger partial charge in [0.25, 0.3) is 0 Å². The molecule has 34 heavy (non-hydrogen) atoms. The van der Waals surface area contributed by atoms with Crippen molar-refractivity contribution in [3.63, 3.8) is 0 Å². The van der Waals surface area contributed by atoms with Crippen molar-refractivity contribution in [2.24, 2.45) is 0 Å². The summed E-state index contributed by atoms with van der Waals surface area (Å²) in [5.41, 5.74) is 2.95. The molecule has 0 aliphatic heterocycles. The predicted octanol–water partition coefficient (Wildman–Crippen LogP) is 9.80. The minimum absolute atomic E-state index is 1.11. The van der Waals surface area contributed by atoms with Gasteiger partial charge in [0.15, 0.2) is 12.4 Å². The highest BCUT2D eigenvalue weighted by Gasteiger charge is 2.04. The van der Waals surface area contributed by atoms with E-state index < -0.39 is 0 Å². The van der Waals surface area contributed by atoms with Crippen molar-refractivity contribution in [3.05, 3.63) is 66.0 Å². The molecule has 0 aliphatic carbocycles. The SMILES string of the molecule is CCCCCCCCCCCCCCCCCCCc1ccc[n+](CCCc2ccccc2)c1. The molecule has 0 unspecified atom stereocenters. The molecule has 1 aromatic heterocycles. The summed E-state index contributed by atoms with van der Waals surface area (Å²) in [6, 6.07) is 15.4. The van der Waals surface area contributed by atoms with E-state index in [1.54, 1.807) is 0 Å². The lowest BCUT2D eigenvalue weighted by molar-refractivity contribution is -0.697. The van der Waals surface area contributed by atoms with E-state index in [9.17, 15) is 0 Å². The molecule has 0 amide bonds. The number of aromatic nitrogens is 1. The average molecular weight is 465 g/mol. The molecule has 0 fully saturated rings.